The van der Waals surface area contributed by atoms with Crippen LogP contribution in [0.25, 0.3) is 0 Å². The fourth-order valence-corrected chi connectivity index (χ4v) is 3.04. The number of aliphatic hydroxyl groups excluding tert-OH is 1. The molecule has 0 unspecified atom stereocenters. The van der Waals surface area contributed by atoms with Crippen molar-refractivity contribution in [2.45, 2.75) is 12.0 Å². The summed E-state index contributed by atoms with van der Waals surface area (Å²) in [4.78, 5) is 11.3. The van der Waals surface area contributed by atoms with Gasteiger partial charge in [-0.2, -0.15) is 0 Å². The number of ether oxygens (including phenoxy) is 3. The van der Waals surface area contributed by atoms with E-state index < -0.39 is 18.0 Å². The Bertz CT molecular complexity index is 815. The molecule has 0 amide bonds. The maximum Gasteiger partial charge on any atom is 0.335 e. The molecule has 0 aromatic heterocycles. The summed E-state index contributed by atoms with van der Waals surface area (Å²) in [6.45, 7) is -0.243. The number of benzene rings is 2. The van der Waals surface area contributed by atoms with E-state index in [1.807, 2.05) is 0 Å². The van der Waals surface area contributed by atoms with Crippen molar-refractivity contribution in [3.63, 3.8) is 0 Å². The van der Waals surface area contributed by atoms with Gasteiger partial charge in [-0.1, -0.05) is 6.07 Å². The largest absolute Gasteiger partial charge is 0.504 e. The molecule has 3 N–H and O–H groups in total. The third-order valence-corrected chi connectivity index (χ3v) is 4.29. The lowest BCUT2D eigenvalue weighted by atomic mass is 9.90. The first-order valence-electron chi connectivity index (χ1n) is 7.59. The summed E-state index contributed by atoms with van der Waals surface area (Å²) < 4.78 is 16.3. The fourth-order valence-electron chi connectivity index (χ4n) is 3.04. The fraction of sp³-hybridized carbons (Fsp3) is 0.278. The predicted octanol–water partition coefficient (Wildman–Crippen LogP) is 2.32. The van der Waals surface area contributed by atoms with Crippen molar-refractivity contribution < 1.29 is 34.3 Å². The Labute approximate surface area is 144 Å². The van der Waals surface area contributed by atoms with E-state index in [1.54, 1.807) is 12.1 Å². The minimum Gasteiger partial charge on any atom is -0.504 e. The van der Waals surface area contributed by atoms with Crippen molar-refractivity contribution in [1.29, 1.82) is 0 Å². The van der Waals surface area contributed by atoms with Crippen molar-refractivity contribution in [1.82, 2.24) is 0 Å². The van der Waals surface area contributed by atoms with Crippen LogP contribution in [-0.2, 0) is 0 Å². The molecule has 1 aliphatic rings. The molecular weight excluding hydrogens is 328 g/mol. The molecule has 0 saturated heterocycles. The van der Waals surface area contributed by atoms with Crippen LogP contribution in [-0.4, -0.2) is 42.1 Å². The van der Waals surface area contributed by atoms with Crippen molar-refractivity contribution in [2.24, 2.45) is 0 Å². The minimum atomic E-state index is -1.09. The SMILES string of the molecule is COc1cc([C@@H]2Oc3c(OC)cc(C(=O)O)cc3[C@H]2CO)ccc1O. The number of hydrogen-bond acceptors (Lipinski definition) is 6. The van der Waals surface area contributed by atoms with Gasteiger partial charge in [0.05, 0.1) is 32.3 Å². The summed E-state index contributed by atoms with van der Waals surface area (Å²) in [5, 5.41) is 28.9. The summed E-state index contributed by atoms with van der Waals surface area (Å²) in [5.74, 6) is -0.588. The third kappa shape index (κ3) is 2.83. The van der Waals surface area contributed by atoms with Crippen molar-refractivity contribution >= 4 is 5.97 Å². The Kier molecular flexibility index (Phi) is 4.41. The molecule has 0 fully saturated rings. The molecule has 1 aliphatic heterocycles. The van der Waals surface area contributed by atoms with E-state index in [9.17, 15) is 20.1 Å². The quantitative estimate of drug-likeness (QED) is 0.763. The second-order valence-corrected chi connectivity index (χ2v) is 5.66. The molecular formula is C18H18O7. The van der Waals surface area contributed by atoms with Gasteiger partial charge < -0.3 is 29.5 Å². The number of phenolic OH excluding ortho intramolecular Hbond substituents is 1. The topological polar surface area (TPSA) is 105 Å². The van der Waals surface area contributed by atoms with E-state index in [0.717, 1.165) is 0 Å². The second kappa shape index (κ2) is 6.52. The number of aromatic carboxylic acids is 1. The van der Waals surface area contributed by atoms with Crippen molar-refractivity contribution in [3.05, 3.63) is 47.0 Å². The minimum absolute atomic E-state index is 0.00643. The van der Waals surface area contributed by atoms with Crippen LogP contribution < -0.4 is 14.2 Å². The average molecular weight is 346 g/mol. The molecule has 1 heterocycles. The van der Waals surface area contributed by atoms with E-state index >= 15 is 0 Å². The zero-order valence-corrected chi connectivity index (χ0v) is 13.7. The lowest BCUT2D eigenvalue weighted by Crippen LogP contribution is -2.13. The molecule has 7 heteroatoms. The summed E-state index contributed by atoms with van der Waals surface area (Å²) in [6.07, 6.45) is -0.563. The van der Waals surface area contributed by atoms with E-state index in [1.165, 1.54) is 32.4 Å². The van der Waals surface area contributed by atoms with Gasteiger partial charge in [0.2, 0.25) is 0 Å². The summed E-state index contributed by atoms with van der Waals surface area (Å²) in [6, 6.07) is 7.64. The molecule has 25 heavy (non-hydrogen) atoms. The van der Waals surface area contributed by atoms with Crippen LogP contribution in [0.1, 0.15) is 33.5 Å². The Balaban J connectivity index is 2.08. The summed E-state index contributed by atoms with van der Waals surface area (Å²) in [7, 11) is 2.87. The molecule has 2 aromatic rings. The van der Waals surface area contributed by atoms with E-state index in [2.05, 4.69) is 0 Å². The van der Waals surface area contributed by atoms with Crippen LogP contribution in [0.5, 0.6) is 23.0 Å². The number of phenols is 1. The second-order valence-electron chi connectivity index (χ2n) is 5.66. The first kappa shape index (κ1) is 16.9. The van der Waals surface area contributed by atoms with Crippen LogP contribution in [0.2, 0.25) is 0 Å². The van der Waals surface area contributed by atoms with Crippen LogP contribution in [0, 0.1) is 0 Å². The maximum atomic E-state index is 11.3. The maximum absolute atomic E-state index is 11.3. The standard InChI is InChI=1S/C18H18O7/c1-23-14-6-9(3-4-13(14)20)16-12(8-19)11-5-10(18(21)22)7-15(24-2)17(11)25-16/h3-7,12,16,19-20H,8H2,1-2H3,(H,21,22)/t12-,16+/m1/s1. The highest BCUT2D eigenvalue weighted by Crippen LogP contribution is 2.51. The van der Waals surface area contributed by atoms with Crippen LogP contribution in [0.3, 0.4) is 0 Å². The predicted molar refractivity (Wildman–Crippen MR) is 87.8 cm³/mol. The van der Waals surface area contributed by atoms with Crippen LogP contribution >= 0.6 is 0 Å². The first-order chi connectivity index (χ1) is 12.0. The molecule has 7 nitrogen and oxygen atoms in total. The highest BCUT2D eigenvalue weighted by atomic mass is 16.5. The van der Waals surface area contributed by atoms with E-state index in [-0.39, 0.29) is 23.7 Å². The number of fused-ring (bicyclic) bond motifs is 1. The number of carboxylic acids is 1. The van der Waals surface area contributed by atoms with E-state index in [0.29, 0.717) is 22.6 Å². The van der Waals surface area contributed by atoms with Gasteiger partial charge in [-0.3, -0.25) is 0 Å². The number of aliphatic hydroxyl groups is 1. The zero-order chi connectivity index (χ0) is 18.1. The number of aromatic hydroxyl groups is 1. The van der Waals surface area contributed by atoms with Gasteiger partial charge >= 0.3 is 5.97 Å². The number of methoxy groups -OCH3 is 2. The number of hydrogen-bond donors (Lipinski definition) is 3. The number of carboxylic acid groups (broad SMARTS) is 1. The zero-order valence-electron chi connectivity index (χ0n) is 13.7. The molecule has 0 saturated carbocycles. The smallest absolute Gasteiger partial charge is 0.335 e. The van der Waals surface area contributed by atoms with Crippen molar-refractivity contribution in [2.75, 3.05) is 20.8 Å². The van der Waals surface area contributed by atoms with Gasteiger partial charge in [0.1, 0.15) is 6.10 Å². The Hall–Kier alpha value is -2.93. The molecule has 0 bridgehead atoms. The van der Waals surface area contributed by atoms with Crippen molar-refractivity contribution in [3.8, 4) is 23.0 Å². The van der Waals surface area contributed by atoms with Crippen LogP contribution in [0.4, 0.5) is 0 Å². The molecule has 0 radical (unpaired) electrons. The summed E-state index contributed by atoms with van der Waals surface area (Å²) in [5.41, 5.74) is 1.31. The van der Waals surface area contributed by atoms with Gasteiger partial charge in [-0.15, -0.1) is 0 Å². The van der Waals surface area contributed by atoms with Gasteiger partial charge in [-0.05, 0) is 29.8 Å². The molecule has 2 atom stereocenters. The van der Waals surface area contributed by atoms with Crippen LogP contribution in [0.15, 0.2) is 30.3 Å². The summed E-state index contributed by atoms with van der Waals surface area (Å²) >= 11 is 0. The average Bonchev–Trinajstić information content (AvgIpc) is 2.99. The van der Waals surface area contributed by atoms with E-state index in [4.69, 9.17) is 14.2 Å². The molecule has 0 aliphatic carbocycles. The highest BCUT2D eigenvalue weighted by Gasteiger charge is 2.38. The lowest BCUT2D eigenvalue weighted by molar-refractivity contribution is 0.0696. The Morgan fingerprint density at radius 2 is 1.88 bits per heavy atom. The van der Waals surface area contributed by atoms with Gasteiger partial charge in [0.15, 0.2) is 23.0 Å². The Morgan fingerprint density at radius 3 is 2.48 bits per heavy atom. The van der Waals surface area contributed by atoms with Gasteiger partial charge in [0, 0.05) is 5.56 Å². The normalized spacial score (nSPS) is 18.4. The molecule has 3 rings (SSSR count). The molecule has 0 spiro atoms. The molecule has 132 valence electrons. The lowest BCUT2D eigenvalue weighted by Gasteiger charge is -2.18. The number of rotatable bonds is 5. The van der Waals surface area contributed by atoms with Gasteiger partial charge in [0.25, 0.3) is 0 Å². The highest BCUT2D eigenvalue weighted by molar-refractivity contribution is 5.89. The van der Waals surface area contributed by atoms with Gasteiger partial charge in [-0.25, -0.2) is 4.79 Å². The monoisotopic (exact) mass is 346 g/mol. The third-order valence-electron chi connectivity index (χ3n) is 4.29. The Morgan fingerprint density at radius 1 is 1.16 bits per heavy atom. The first-order valence-corrected chi connectivity index (χ1v) is 7.59. The number of carbonyl (C=O) groups is 1. The molecule has 2 aromatic carbocycles.